The van der Waals surface area contributed by atoms with Gasteiger partial charge in [-0.15, -0.1) is 0 Å². The minimum Gasteiger partial charge on any atom is -0.476 e. The van der Waals surface area contributed by atoms with Crippen molar-refractivity contribution in [2.24, 2.45) is 0 Å². The van der Waals surface area contributed by atoms with E-state index >= 15 is 0 Å². The van der Waals surface area contributed by atoms with E-state index in [0.29, 0.717) is 17.8 Å². The van der Waals surface area contributed by atoms with E-state index < -0.39 is 5.97 Å². The van der Waals surface area contributed by atoms with Crippen LogP contribution in [0.1, 0.15) is 28.5 Å². The van der Waals surface area contributed by atoms with E-state index in [1.165, 1.54) is 0 Å². The normalized spacial score (nSPS) is 10.6. The molecule has 3 aromatic rings. The summed E-state index contributed by atoms with van der Waals surface area (Å²) in [6.45, 7) is 1.93. The molecule has 0 aliphatic heterocycles. The zero-order chi connectivity index (χ0) is 19.4. The summed E-state index contributed by atoms with van der Waals surface area (Å²) in [5, 5.41) is 12.6. The maximum absolute atomic E-state index is 12.5. The van der Waals surface area contributed by atoms with Gasteiger partial charge in [0, 0.05) is 16.4 Å². The first-order chi connectivity index (χ1) is 13.0. The lowest BCUT2D eigenvalue weighted by molar-refractivity contribution is -0.115. The van der Waals surface area contributed by atoms with Crippen molar-refractivity contribution in [1.29, 1.82) is 0 Å². The number of nitrogens with zero attached hydrogens (tertiary/aromatic N) is 1. The number of carboxylic acid groups (broad SMARTS) is 1. The number of aromatic carboxylic acids is 1. The molecule has 27 heavy (non-hydrogen) atoms. The third kappa shape index (κ3) is 4.28. The van der Waals surface area contributed by atoms with Crippen LogP contribution in [-0.4, -0.2) is 21.6 Å². The van der Waals surface area contributed by atoms with Crippen molar-refractivity contribution in [1.82, 2.24) is 4.57 Å². The Morgan fingerprint density at radius 1 is 1.07 bits per heavy atom. The van der Waals surface area contributed by atoms with Gasteiger partial charge >= 0.3 is 5.97 Å². The molecule has 0 aliphatic carbocycles. The van der Waals surface area contributed by atoms with Crippen molar-refractivity contribution in [2.75, 3.05) is 5.32 Å². The molecule has 2 aromatic carbocycles. The van der Waals surface area contributed by atoms with Gasteiger partial charge in [-0.05, 0) is 41.8 Å². The number of nitrogens with one attached hydrogen (secondary N) is 1. The van der Waals surface area contributed by atoms with Crippen LogP contribution in [0, 0.1) is 0 Å². The number of carbonyl (C=O) groups is 2. The van der Waals surface area contributed by atoms with E-state index in [1.54, 1.807) is 10.8 Å². The fourth-order valence-electron chi connectivity index (χ4n) is 2.95. The van der Waals surface area contributed by atoms with E-state index in [0.717, 1.165) is 15.6 Å². The molecule has 5 nitrogen and oxygen atoms in total. The number of carboxylic acids is 1. The molecule has 0 spiro atoms. The zero-order valence-corrected chi connectivity index (χ0v) is 16.4. The van der Waals surface area contributed by atoms with Gasteiger partial charge in [0.25, 0.3) is 0 Å². The van der Waals surface area contributed by atoms with Gasteiger partial charge in [0.05, 0.1) is 12.1 Å². The predicted molar refractivity (Wildman–Crippen MR) is 109 cm³/mol. The second kappa shape index (κ2) is 8.22. The van der Waals surface area contributed by atoms with E-state index in [1.807, 2.05) is 61.5 Å². The Bertz CT molecular complexity index is 963. The van der Waals surface area contributed by atoms with E-state index in [-0.39, 0.29) is 18.0 Å². The van der Waals surface area contributed by atoms with E-state index in [4.69, 9.17) is 0 Å². The van der Waals surface area contributed by atoms with Crippen LogP contribution in [0.25, 0.3) is 5.69 Å². The summed E-state index contributed by atoms with van der Waals surface area (Å²) >= 11 is 3.38. The summed E-state index contributed by atoms with van der Waals surface area (Å²) in [6.07, 6.45) is 2.56. The van der Waals surface area contributed by atoms with Crippen molar-refractivity contribution in [2.45, 2.75) is 19.8 Å². The van der Waals surface area contributed by atoms with E-state index in [2.05, 4.69) is 21.2 Å². The van der Waals surface area contributed by atoms with Gasteiger partial charge in [-0.1, -0.05) is 53.2 Å². The highest BCUT2D eigenvalue weighted by atomic mass is 79.9. The fraction of sp³-hybridized carbons (Fsp3) is 0.143. The minimum atomic E-state index is -1.09. The maximum Gasteiger partial charge on any atom is 0.355 e. The van der Waals surface area contributed by atoms with Gasteiger partial charge in [-0.25, -0.2) is 4.79 Å². The number of amides is 1. The highest BCUT2D eigenvalue weighted by Gasteiger charge is 2.23. The molecule has 0 fully saturated rings. The summed E-state index contributed by atoms with van der Waals surface area (Å²) in [5.74, 6) is -1.33. The number of halogens is 1. The second-order valence-corrected chi connectivity index (χ2v) is 7.01. The van der Waals surface area contributed by atoms with Gasteiger partial charge in [-0.2, -0.15) is 0 Å². The van der Waals surface area contributed by atoms with E-state index in [9.17, 15) is 14.7 Å². The van der Waals surface area contributed by atoms with Gasteiger partial charge in [0.15, 0.2) is 5.69 Å². The average Bonchev–Trinajstić information content (AvgIpc) is 3.01. The standard InChI is InChI=1S/C21H19BrN2O3/c1-2-15-13-24(17-10-8-16(22)9-11-17)20(21(26)27)19(15)23-18(25)12-14-6-4-3-5-7-14/h3-11,13H,2,12H2,1H3,(H,23,25)(H,26,27). The van der Waals surface area contributed by atoms with Crippen molar-refractivity contribution < 1.29 is 14.7 Å². The molecule has 0 unspecified atom stereocenters. The molecule has 1 heterocycles. The number of hydrogen-bond donors (Lipinski definition) is 2. The molecule has 0 atom stereocenters. The molecule has 0 saturated carbocycles. The maximum atomic E-state index is 12.5. The first-order valence-corrected chi connectivity index (χ1v) is 9.36. The van der Waals surface area contributed by atoms with Crippen molar-refractivity contribution in [3.8, 4) is 5.69 Å². The summed E-state index contributed by atoms with van der Waals surface area (Å²) in [4.78, 5) is 24.5. The molecule has 0 saturated heterocycles. The Balaban J connectivity index is 1.97. The first kappa shape index (κ1) is 18.9. The van der Waals surface area contributed by atoms with Crippen molar-refractivity contribution in [3.63, 3.8) is 0 Å². The van der Waals surface area contributed by atoms with Crippen molar-refractivity contribution >= 4 is 33.5 Å². The molecule has 0 radical (unpaired) electrons. The van der Waals surface area contributed by atoms with Crippen LogP contribution >= 0.6 is 15.9 Å². The van der Waals surface area contributed by atoms with Crippen LogP contribution in [0.3, 0.4) is 0 Å². The highest BCUT2D eigenvalue weighted by molar-refractivity contribution is 9.10. The Morgan fingerprint density at radius 2 is 1.74 bits per heavy atom. The number of benzene rings is 2. The van der Waals surface area contributed by atoms with Gasteiger partial charge < -0.3 is 15.0 Å². The van der Waals surface area contributed by atoms with Gasteiger partial charge in [0.1, 0.15) is 0 Å². The number of hydrogen-bond acceptors (Lipinski definition) is 2. The van der Waals surface area contributed by atoms with Crippen LogP contribution in [0.2, 0.25) is 0 Å². The Kier molecular flexibility index (Phi) is 5.76. The molecule has 1 aromatic heterocycles. The molecule has 2 N–H and O–H groups in total. The summed E-state index contributed by atoms with van der Waals surface area (Å²) in [6, 6.07) is 16.7. The molecule has 0 bridgehead atoms. The molecule has 138 valence electrons. The zero-order valence-electron chi connectivity index (χ0n) is 14.8. The van der Waals surface area contributed by atoms with Crippen molar-refractivity contribution in [3.05, 3.63) is 82.1 Å². The molecular formula is C21H19BrN2O3. The average molecular weight is 427 g/mol. The number of anilines is 1. The molecule has 3 rings (SSSR count). The highest BCUT2D eigenvalue weighted by Crippen LogP contribution is 2.28. The van der Waals surface area contributed by atoms with Crippen LogP contribution in [0.15, 0.2) is 65.3 Å². The molecular weight excluding hydrogens is 408 g/mol. The number of carbonyl (C=O) groups excluding carboxylic acids is 1. The lowest BCUT2D eigenvalue weighted by Crippen LogP contribution is -2.18. The van der Waals surface area contributed by atoms with Crippen LogP contribution in [0.4, 0.5) is 5.69 Å². The smallest absolute Gasteiger partial charge is 0.355 e. The third-order valence-electron chi connectivity index (χ3n) is 4.24. The number of aryl methyl sites for hydroxylation is 1. The Hall–Kier alpha value is -2.86. The first-order valence-electron chi connectivity index (χ1n) is 8.56. The Morgan fingerprint density at radius 3 is 2.33 bits per heavy atom. The SMILES string of the molecule is CCc1cn(-c2ccc(Br)cc2)c(C(=O)O)c1NC(=O)Cc1ccccc1. The lowest BCUT2D eigenvalue weighted by Gasteiger charge is -2.10. The van der Waals surface area contributed by atoms with Crippen LogP contribution in [0.5, 0.6) is 0 Å². The summed E-state index contributed by atoms with van der Waals surface area (Å²) in [5.41, 5.74) is 2.77. The quantitative estimate of drug-likeness (QED) is 0.600. The lowest BCUT2D eigenvalue weighted by atomic mass is 10.1. The second-order valence-electron chi connectivity index (χ2n) is 6.09. The fourth-order valence-corrected chi connectivity index (χ4v) is 3.21. The predicted octanol–water partition coefficient (Wildman–Crippen LogP) is 4.68. The molecule has 6 heteroatoms. The molecule has 0 aliphatic rings. The summed E-state index contributed by atoms with van der Waals surface area (Å²) in [7, 11) is 0. The minimum absolute atomic E-state index is 0.0515. The van der Waals surface area contributed by atoms with Crippen LogP contribution < -0.4 is 5.32 Å². The third-order valence-corrected chi connectivity index (χ3v) is 4.77. The topological polar surface area (TPSA) is 71.3 Å². The van der Waals surface area contributed by atoms with Gasteiger partial charge in [0.2, 0.25) is 5.91 Å². The Labute approximate surface area is 165 Å². The largest absolute Gasteiger partial charge is 0.476 e. The number of rotatable bonds is 6. The monoisotopic (exact) mass is 426 g/mol. The molecule has 1 amide bonds. The number of aromatic nitrogens is 1. The van der Waals surface area contributed by atoms with Gasteiger partial charge in [-0.3, -0.25) is 4.79 Å². The van der Waals surface area contributed by atoms with Crippen LogP contribution in [-0.2, 0) is 17.6 Å². The summed E-state index contributed by atoms with van der Waals surface area (Å²) < 4.78 is 2.51.